The number of carbonyl (C=O) groups excluding carboxylic acids is 3. The van der Waals surface area contributed by atoms with Gasteiger partial charge in [-0.25, -0.2) is 0 Å². The number of phenolic OH excluding ortho intramolecular Hbond substituents is 1. The Morgan fingerprint density at radius 3 is 2.20 bits per heavy atom. The summed E-state index contributed by atoms with van der Waals surface area (Å²) in [5.74, 6) is -1.31. The van der Waals surface area contributed by atoms with Crippen LogP contribution in [-0.2, 0) is 20.8 Å². The number of primary amides is 1. The summed E-state index contributed by atoms with van der Waals surface area (Å²) in [4.78, 5) is 35.8. The predicted octanol–water partition coefficient (Wildman–Crippen LogP) is 0.365. The first-order valence-corrected chi connectivity index (χ1v) is 8.64. The highest BCUT2D eigenvalue weighted by Gasteiger charge is 2.26. The van der Waals surface area contributed by atoms with Gasteiger partial charge in [-0.1, -0.05) is 26.0 Å². The van der Waals surface area contributed by atoms with Gasteiger partial charge in [0.25, 0.3) is 0 Å². The lowest BCUT2D eigenvalue weighted by molar-refractivity contribution is -0.131. The molecule has 3 amide bonds. The minimum Gasteiger partial charge on any atom is -0.508 e. The fourth-order valence-electron chi connectivity index (χ4n) is 2.31. The van der Waals surface area contributed by atoms with E-state index in [0.29, 0.717) is 6.42 Å². The molecule has 0 fully saturated rings. The van der Waals surface area contributed by atoms with E-state index in [2.05, 4.69) is 23.3 Å². The number of rotatable bonds is 9. The number of phenols is 1. The van der Waals surface area contributed by atoms with Crippen molar-refractivity contribution in [2.75, 3.05) is 5.75 Å². The number of benzene rings is 1. The maximum absolute atomic E-state index is 12.6. The summed E-state index contributed by atoms with van der Waals surface area (Å²) in [6.07, 6.45) is 0.617. The number of thiol groups is 1. The van der Waals surface area contributed by atoms with Crippen molar-refractivity contribution in [3.63, 3.8) is 0 Å². The standard InChI is InChI=1S/C17H25N3O4S/c1-10(2)7-13(16(18)23)20-17(24)14(19-15(22)9-25)8-11-3-5-12(21)6-4-11/h3-6,10,13-14,21,25H,7-9H2,1-2H3,(H2,18,23)(H,19,22)(H,20,24)/t13-,14-/m0/s1. The van der Waals surface area contributed by atoms with Gasteiger partial charge in [-0.3, -0.25) is 14.4 Å². The highest BCUT2D eigenvalue weighted by atomic mass is 32.1. The summed E-state index contributed by atoms with van der Waals surface area (Å²) in [7, 11) is 0. The number of hydrogen-bond acceptors (Lipinski definition) is 5. The molecule has 0 bridgehead atoms. The van der Waals surface area contributed by atoms with Crippen LogP contribution < -0.4 is 16.4 Å². The Balaban J connectivity index is 2.89. The molecule has 1 rings (SSSR count). The molecule has 7 nitrogen and oxygen atoms in total. The molecule has 8 heteroatoms. The van der Waals surface area contributed by atoms with Crippen LogP contribution in [0, 0.1) is 5.92 Å². The second-order valence-electron chi connectivity index (χ2n) is 6.24. The Bertz CT molecular complexity index is 604. The Kier molecular flexibility index (Phi) is 8.27. The van der Waals surface area contributed by atoms with E-state index in [1.54, 1.807) is 12.1 Å². The molecule has 0 unspecified atom stereocenters. The van der Waals surface area contributed by atoms with Crippen LogP contribution in [0.5, 0.6) is 5.75 Å². The van der Waals surface area contributed by atoms with E-state index >= 15 is 0 Å². The van der Waals surface area contributed by atoms with E-state index in [0.717, 1.165) is 5.56 Å². The predicted molar refractivity (Wildman–Crippen MR) is 98.2 cm³/mol. The van der Waals surface area contributed by atoms with Crippen molar-refractivity contribution in [1.29, 1.82) is 0 Å². The monoisotopic (exact) mass is 367 g/mol. The summed E-state index contributed by atoms with van der Waals surface area (Å²) < 4.78 is 0. The SMILES string of the molecule is CC(C)C[C@H](NC(=O)[C@H](Cc1ccc(O)cc1)NC(=O)CS)C(N)=O. The Morgan fingerprint density at radius 2 is 1.72 bits per heavy atom. The maximum Gasteiger partial charge on any atom is 0.243 e. The van der Waals surface area contributed by atoms with Gasteiger partial charge in [-0.15, -0.1) is 0 Å². The van der Waals surface area contributed by atoms with Gasteiger partial charge in [0.05, 0.1) is 5.75 Å². The number of amides is 3. The third-order valence-corrected chi connectivity index (χ3v) is 3.83. The third kappa shape index (κ3) is 7.47. The molecule has 5 N–H and O–H groups in total. The molecule has 0 aliphatic rings. The maximum atomic E-state index is 12.6. The van der Waals surface area contributed by atoms with Gasteiger partial charge in [0.15, 0.2) is 0 Å². The summed E-state index contributed by atoms with van der Waals surface area (Å²) in [6.45, 7) is 3.83. The van der Waals surface area contributed by atoms with Crippen LogP contribution in [0.4, 0.5) is 0 Å². The number of nitrogens with one attached hydrogen (secondary N) is 2. The van der Waals surface area contributed by atoms with Crippen molar-refractivity contribution in [3.8, 4) is 5.75 Å². The van der Waals surface area contributed by atoms with Gasteiger partial charge in [0, 0.05) is 6.42 Å². The lowest BCUT2D eigenvalue weighted by Crippen LogP contribution is -2.54. The number of nitrogens with two attached hydrogens (primary N) is 1. The van der Waals surface area contributed by atoms with Crippen LogP contribution in [-0.4, -0.2) is 40.7 Å². The van der Waals surface area contributed by atoms with E-state index < -0.39 is 29.8 Å². The minimum absolute atomic E-state index is 0.0649. The molecule has 2 atom stereocenters. The van der Waals surface area contributed by atoms with Crippen molar-refractivity contribution >= 4 is 30.4 Å². The zero-order valence-corrected chi connectivity index (χ0v) is 15.3. The molecule has 0 spiro atoms. The lowest BCUT2D eigenvalue weighted by Gasteiger charge is -2.23. The molecular formula is C17H25N3O4S. The fraction of sp³-hybridized carbons (Fsp3) is 0.471. The van der Waals surface area contributed by atoms with Gasteiger partial charge in [0.1, 0.15) is 17.8 Å². The largest absolute Gasteiger partial charge is 0.508 e. The molecular weight excluding hydrogens is 342 g/mol. The molecule has 0 aliphatic heterocycles. The zero-order valence-electron chi connectivity index (χ0n) is 14.4. The molecule has 0 saturated carbocycles. The number of carbonyl (C=O) groups is 3. The van der Waals surface area contributed by atoms with Crippen molar-refractivity contribution in [2.24, 2.45) is 11.7 Å². The normalized spacial score (nSPS) is 13.1. The summed E-state index contributed by atoms with van der Waals surface area (Å²) >= 11 is 3.90. The molecule has 0 radical (unpaired) electrons. The summed E-state index contributed by atoms with van der Waals surface area (Å²) in [5.41, 5.74) is 6.10. The first-order chi connectivity index (χ1) is 11.7. The van der Waals surface area contributed by atoms with E-state index in [-0.39, 0.29) is 23.8 Å². The first-order valence-electron chi connectivity index (χ1n) is 8.00. The zero-order chi connectivity index (χ0) is 19.0. The minimum atomic E-state index is -0.877. The van der Waals surface area contributed by atoms with Gasteiger partial charge in [-0.05, 0) is 30.0 Å². The molecule has 0 heterocycles. The van der Waals surface area contributed by atoms with Gasteiger partial charge in [0.2, 0.25) is 17.7 Å². The molecule has 25 heavy (non-hydrogen) atoms. The second kappa shape index (κ2) is 9.93. The van der Waals surface area contributed by atoms with Crippen LogP contribution in [0.25, 0.3) is 0 Å². The van der Waals surface area contributed by atoms with E-state index in [1.165, 1.54) is 12.1 Å². The van der Waals surface area contributed by atoms with E-state index in [1.807, 2.05) is 13.8 Å². The van der Waals surface area contributed by atoms with Gasteiger partial charge >= 0.3 is 0 Å². The number of hydrogen-bond donors (Lipinski definition) is 5. The Hall–Kier alpha value is -2.22. The van der Waals surface area contributed by atoms with Crippen molar-refractivity contribution in [1.82, 2.24) is 10.6 Å². The van der Waals surface area contributed by atoms with Crippen molar-refractivity contribution in [3.05, 3.63) is 29.8 Å². The summed E-state index contributed by atoms with van der Waals surface area (Å²) in [5, 5.41) is 14.5. The van der Waals surface area contributed by atoms with Crippen LogP contribution in [0.1, 0.15) is 25.8 Å². The van der Waals surface area contributed by atoms with Crippen molar-refractivity contribution in [2.45, 2.75) is 38.8 Å². The molecule has 0 aliphatic carbocycles. The van der Waals surface area contributed by atoms with Crippen LogP contribution in [0.15, 0.2) is 24.3 Å². The van der Waals surface area contributed by atoms with Gasteiger partial charge < -0.3 is 21.5 Å². The third-order valence-electron chi connectivity index (χ3n) is 3.54. The highest BCUT2D eigenvalue weighted by molar-refractivity contribution is 7.81. The second-order valence-corrected chi connectivity index (χ2v) is 6.56. The molecule has 1 aromatic carbocycles. The molecule has 1 aromatic rings. The highest BCUT2D eigenvalue weighted by Crippen LogP contribution is 2.12. The fourth-order valence-corrected chi connectivity index (χ4v) is 2.40. The lowest BCUT2D eigenvalue weighted by atomic mass is 10.0. The van der Waals surface area contributed by atoms with E-state index in [4.69, 9.17) is 5.73 Å². The average molecular weight is 367 g/mol. The quantitative estimate of drug-likeness (QED) is 0.405. The smallest absolute Gasteiger partial charge is 0.243 e. The van der Waals surface area contributed by atoms with Crippen molar-refractivity contribution < 1.29 is 19.5 Å². The summed E-state index contributed by atoms with van der Waals surface area (Å²) in [6, 6.07) is 4.62. The molecule has 0 saturated heterocycles. The van der Waals surface area contributed by atoms with Crippen LogP contribution in [0.3, 0.4) is 0 Å². The first kappa shape index (κ1) is 20.8. The Labute approximate surface area is 152 Å². The van der Waals surface area contributed by atoms with Crippen LogP contribution in [0.2, 0.25) is 0 Å². The van der Waals surface area contributed by atoms with E-state index in [9.17, 15) is 19.5 Å². The molecule has 138 valence electrons. The van der Waals surface area contributed by atoms with Crippen LogP contribution >= 0.6 is 12.6 Å². The number of aromatic hydroxyl groups is 1. The topological polar surface area (TPSA) is 122 Å². The molecule has 0 aromatic heterocycles. The average Bonchev–Trinajstić information content (AvgIpc) is 2.54. The Morgan fingerprint density at radius 1 is 1.12 bits per heavy atom. The van der Waals surface area contributed by atoms with Gasteiger partial charge in [-0.2, -0.15) is 12.6 Å².